The normalized spacial score (nSPS) is 12.4. The van der Waals surface area contributed by atoms with E-state index >= 15 is 0 Å². The predicted molar refractivity (Wildman–Crippen MR) is 103 cm³/mol. The predicted octanol–water partition coefficient (Wildman–Crippen LogP) is 4.90. The van der Waals surface area contributed by atoms with E-state index in [4.69, 9.17) is 11.6 Å². The molecular formula is C19H21ClN2OS. The lowest BCUT2D eigenvalue weighted by Crippen LogP contribution is -2.26. The quantitative estimate of drug-likeness (QED) is 0.468. The third kappa shape index (κ3) is 4.86. The molecule has 24 heavy (non-hydrogen) atoms. The summed E-state index contributed by atoms with van der Waals surface area (Å²) in [5.41, 5.74) is 7.29. The van der Waals surface area contributed by atoms with Gasteiger partial charge in [0.1, 0.15) is 0 Å². The van der Waals surface area contributed by atoms with Gasteiger partial charge in [0, 0.05) is 9.92 Å². The Bertz CT molecular complexity index is 757. The number of benzene rings is 2. The van der Waals surface area contributed by atoms with Crippen LogP contribution in [0.25, 0.3) is 0 Å². The highest BCUT2D eigenvalue weighted by molar-refractivity contribution is 8.00. The fraction of sp³-hybridized carbons (Fsp3) is 0.263. The van der Waals surface area contributed by atoms with Crippen LogP contribution < -0.4 is 5.43 Å². The van der Waals surface area contributed by atoms with Gasteiger partial charge in [-0.15, -0.1) is 11.8 Å². The van der Waals surface area contributed by atoms with Crippen molar-refractivity contribution in [1.29, 1.82) is 0 Å². The van der Waals surface area contributed by atoms with Crippen molar-refractivity contribution in [2.75, 3.05) is 0 Å². The zero-order valence-corrected chi connectivity index (χ0v) is 15.8. The molecule has 126 valence electrons. The average Bonchev–Trinajstić information content (AvgIpc) is 2.56. The number of nitrogens with one attached hydrogen (secondary N) is 1. The van der Waals surface area contributed by atoms with Crippen molar-refractivity contribution in [2.24, 2.45) is 5.10 Å². The number of hydrazone groups is 1. The summed E-state index contributed by atoms with van der Waals surface area (Å²) in [6, 6.07) is 11.5. The lowest BCUT2D eigenvalue weighted by Gasteiger charge is -2.10. The van der Waals surface area contributed by atoms with Gasteiger partial charge in [0.2, 0.25) is 0 Å². The molecule has 0 aromatic heterocycles. The van der Waals surface area contributed by atoms with Crippen molar-refractivity contribution in [2.45, 2.75) is 37.8 Å². The molecule has 0 heterocycles. The maximum absolute atomic E-state index is 12.1. The van der Waals surface area contributed by atoms with Crippen molar-refractivity contribution in [1.82, 2.24) is 5.43 Å². The fourth-order valence-corrected chi connectivity index (χ4v) is 3.13. The van der Waals surface area contributed by atoms with Crippen LogP contribution in [0.15, 0.2) is 46.4 Å². The van der Waals surface area contributed by atoms with Crippen molar-refractivity contribution in [3.63, 3.8) is 0 Å². The van der Waals surface area contributed by atoms with Crippen LogP contribution in [0.5, 0.6) is 0 Å². The smallest absolute Gasteiger partial charge is 0.253 e. The number of nitrogens with zero attached hydrogens (tertiary/aromatic N) is 1. The highest BCUT2D eigenvalue weighted by atomic mass is 35.5. The molecule has 2 aromatic carbocycles. The number of halogens is 1. The highest BCUT2D eigenvalue weighted by Crippen LogP contribution is 2.24. The van der Waals surface area contributed by atoms with Crippen LogP contribution in [-0.2, 0) is 4.79 Å². The summed E-state index contributed by atoms with van der Waals surface area (Å²) in [5.74, 6) is -0.132. The number of rotatable bonds is 5. The van der Waals surface area contributed by atoms with Gasteiger partial charge in [-0.3, -0.25) is 4.79 Å². The van der Waals surface area contributed by atoms with Crippen molar-refractivity contribution in [3.05, 3.63) is 63.7 Å². The summed E-state index contributed by atoms with van der Waals surface area (Å²) in [4.78, 5) is 13.1. The molecule has 5 heteroatoms. The third-order valence-corrected chi connectivity index (χ3v) is 5.34. The minimum atomic E-state index is -0.246. The molecule has 0 bridgehead atoms. The SMILES string of the molecule is Cc1ccc(/C=N\NC(=O)[C@@H](C)Sc2ccc(Cl)cc2)c(C)c1C. The van der Waals surface area contributed by atoms with E-state index in [0.29, 0.717) is 5.02 Å². The van der Waals surface area contributed by atoms with E-state index in [2.05, 4.69) is 37.4 Å². The van der Waals surface area contributed by atoms with Gasteiger partial charge in [-0.05, 0) is 74.2 Å². The number of hydrogen-bond donors (Lipinski definition) is 1. The molecule has 0 radical (unpaired) electrons. The van der Waals surface area contributed by atoms with E-state index < -0.39 is 0 Å². The topological polar surface area (TPSA) is 41.5 Å². The summed E-state index contributed by atoms with van der Waals surface area (Å²) >= 11 is 7.33. The number of carbonyl (C=O) groups is 1. The van der Waals surface area contributed by atoms with Gasteiger partial charge in [-0.2, -0.15) is 5.10 Å². The molecule has 0 unspecified atom stereocenters. The first-order chi connectivity index (χ1) is 11.4. The van der Waals surface area contributed by atoms with E-state index in [1.807, 2.05) is 37.3 Å². The van der Waals surface area contributed by atoms with Gasteiger partial charge in [0.15, 0.2) is 0 Å². The molecule has 2 aromatic rings. The Labute approximate surface area is 152 Å². The second kappa shape index (κ2) is 8.36. The Morgan fingerprint density at radius 2 is 1.79 bits per heavy atom. The van der Waals surface area contributed by atoms with Crippen LogP contribution in [-0.4, -0.2) is 17.4 Å². The van der Waals surface area contributed by atoms with Gasteiger partial charge >= 0.3 is 0 Å². The molecule has 0 saturated heterocycles. The lowest BCUT2D eigenvalue weighted by molar-refractivity contribution is -0.120. The molecule has 2 rings (SSSR count). The number of aryl methyl sites for hydroxylation is 1. The average molecular weight is 361 g/mol. The van der Waals surface area contributed by atoms with Crippen LogP contribution in [0.3, 0.4) is 0 Å². The second-order valence-corrected chi connectivity index (χ2v) is 7.52. The zero-order chi connectivity index (χ0) is 17.7. The van der Waals surface area contributed by atoms with Gasteiger partial charge in [-0.25, -0.2) is 5.43 Å². The van der Waals surface area contributed by atoms with Gasteiger partial charge in [0.25, 0.3) is 5.91 Å². The Morgan fingerprint density at radius 3 is 2.46 bits per heavy atom. The van der Waals surface area contributed by atoms with Gasteiger partial charge in [0.05, 0.1) is 11.5 Å². The molecule has 0 aliphatic rings. The maximum Gasteiger partial charge on any atom is 0.253 e. The number of amides is 1. The highest BCUT2D eigenvalue weighted by Gasteiger charge is 2.13. The molecule has 1 amide bonds. The minimum Gasteiger partial charge on any atom is -0.272 e. The molecule has 0 spiro atoms. The van der Waals surface area contributed by atoms with Crippen molar-refractivity contribution < 1.29 is 4.79 Å². The monoisotopic (exact) mass is 360 g/mol. The summed E-state index contributed by atoms with van der Waals surface area (Å²) < 4.78 is 0. The summed E-state index contributed by atoms with van der Waals surface area (Å²) in [7, 11) is 0. The molecule has 0 aliphatic carbocycles. The van der Waals surface area contributed by atoms with E-state index in [1.54, 1.807) is 6.21 Å². The lowest BCUT2D eigenvalue weighted by atomic mass is 10.00. The summed E-state index contributed by atoms with van der Waals surface area (Å²) in [6.07, 6.45) is 1.69. The Morgan fingerprint density at radius 1 is 1.12 bits per heavy atom. The summed E-state index contributed by atoms with van der Waals surface area (Å²) in [5, 5.41) is 4.53. The first-order valence-electron chi connectivity index (χ1n) is 7.70. The van der Waals surface area contributed by atoms with Crippen molar-refractivity contribution >= 4 is 35.5 Å². The second-order valence-electron chi connectivity index (χ2n) is 5.67. The van der Waals surface area contributed by atoms with E-state index in [1.165, 1.54) is 28.5 Å². The van der Waals surface area contributed by atoms with Crippen LogP contribution in [0.4, 0.5) is 0 Å². The van der Waals surface area contributed by atoms with Gasteiger partial charge in [-0.1, -0.05) is 23.7 Å². The molecule has 0 saturated carbocycles. The number of thioether (sulfide) groups is 1. The van der Waals surface area contributed by atoms with Crippen LogP contribution in [0.1, 0.15) is 29.2 Å². The molecule has 0 aliphatic heterocycles. The van der Waals surface area contributed by atoms with Crippen LogP contribution >= 0.6 is 23.4 Å². The van der Waals surface area contributed by atoms with E-state index in [-0.39, 0.29) is 11.2 Å². The van der Waals surface area contributed by atoms with Crippen molar-refractivity contribution in [3.8, 4) is 0 Å². The Kier molecular flexibility index (Phi) is 6.46. The van der Waals surface area contributed by atoms with Crippen LogP contribution in [0, 0.1) is 20.8 Å². The molecule has 0 fully saturated rings. The minimum absolute atomic E-state index is 0.132. The first-order valence-corrected chi connectivity index (χ1v) is 8.96. The van der Waals surface area contributed by atoms with E-state index in [9.17, 15) is 4.79 Å². The molecular weight excluding hydrogens is 340 g/mol. The third-order valence-electron chi connectivity index (χ3n) is 3.97. The molecule has 1 atom stereocenters. The summed E-state index contributed by atoms with van der Waals surface area (Å²) in [6.45, 7) is 8.09. The number of carbonyl (C=O) groups excluding carboxylic acids is 1. The fourth-order valence-electron chi connectivity index (χ4n) is 2.14. The Balaban J connectivity index is 1.94. The number of hydrogen-bond acceptors (Lipinski definition) is 3. The zero-order valence-electron chi connectivity index (χ0n) is 14.3. The largest absolute Gasteiger partial charge is 0.272 e. The maximum atomic E-state index is 12.1. The van der Waals surface area contributed by atoms with Crippen LogP contribution in [0.2, 0.25) is 5.02 Å². The Hall–Kier alpha value is -1.78. The van der Waals surface area contributed by atoms with E-state index in [0.717, 1.165) is 10.5 Å². The first kappa shape index (κ1) is 18.6. The molecule has 3 nitrogen and oxygen atoms in total. The van der Waals surface area contributed by atoms with Gasteiger partial charge < -0.3 is 0 Å². The standard InChI is InChI=1S/C19H21ClN2OS/c1-12-5-6-16(14(3)13(12)2)11-21-22-19(23)15(4)24-18-9-7-17(20)8-10-18/h5-11,15H,1-4H3,(H,22,23)/b21-11-/t15-/m1/s1. The molecule has 1 N–H and O–H groups in total.